The van der Waals surface area contributed by atoms with Crippen molar-refractivity contribution in [3.8, 4) is 0 Å². The number of hydrogen-bond acceptors (Lipinski definition) is 1. The third kappa shape index (κ3) is 3.11. The number of aliphatic imine (C=N–C) groups is 1. The minimum Gasteiger partial charge on any atom is -0.370 e. The van der Waals surface area contributed by atoms with Gasteiger partial charge in [-0.15, -0.1) is 0 Å². The minimum absolute atomic E-state index is 0.205. The van der Waals surface area contributed by atoms with Crippen molar-refractivity contribution in [2.24, 2.45) is 16.5 Å². The Labute approximate surface area is 88.8 Å². The van der Waals surface area contributed by atoms with E-state index in [9.17, 15) is 17.6 Å². The molecule has 0 radical (unpaired) electrons. The summed E-state index contributed by atoms with van der Waals surface area (Å²) in [6, 6.07) is 2.08. The average Bonchev–Trinajstić information content (AvgIpc) is 2.14. The van der Waals surface area contributed by atoms with Crippen molar-refractivity contribution in [1.82, 2.24) is 0 Å². The quantitative estimate of drug-likeness (QED) is 0.464. The standard InChI is InChI=1S/C9H9F4N3/c10-7-2-1-6(9(11,12)13)3-5(7)4-16-8(14)15/h1-3H,4H2,(H4,14,15,16). The maximum Gasteiger partial charge on any atom is 0.416 e. The van der Waals surface area contributed by atoms with Crippen LogP contribution in [0.15, 0.2) is 23.2 Å². The third-order valence-corrected chi connectivity index (χ3v) is 1.81. The van der Waals surface area contributed by atoms with Crippen LogP contribution in [0.1, 0.15) is 11.1 Å². The summed E-state index contributed by atoms with van der Waals surface area (Å²) in [5.41, 5.74) is 8.85. The van der Waals surface area contributed by atoms with Crippen molar-refractivity contribution in [3.63, 3.8) is 0 Å². The fraction of sp³-hybridized carbons (Fsp3) is 0.222. The molecule has 0 bridgehead atoms. The van der Waals surface area contributed by atoms with E-state index in [2.05, 4.69) is 4.99 Å². The van der Waals surface area contributed by atoms with Crippen LogP contribution < -0.4 is 11.5 Å². The lowest BCUT2D eigenvalue weighted by atomic mass is 10.1. The highest BCUT2D eigenvalue weighted by molar-refractivity contribution is 5.75. The molecular formula is C9H9F4N3. The molecule has 0 amide bonds. The summed E-state index contributed by atoms with van der Waals surface area (Å²) in [5.74, 6) is -1.09. The Morgan fingerprint density at radius 2 is 1.88 bits per heavy atom. The van der Waals surface area contributed by atoms with Crippen LogP contribution in [0.25, 0.3) is 0 Å². The zero-order valence-electron chi connectivity index (χ0n) is 8.05. The van der Waals surface area contributed by atoms with E-state index in [1.807, 2.05) is 0 Å². The Bertz CT molecular complexity index is 408. The third-order valence-electron chi connectivity index (χ3n) is 1.81. The van der Waals surface area contributed by atoms with E-state index in [1.165, 1.54) is 0 Å². The molecule has 0 aliphatic rings. The van der Waals surface area contributed by atoms with Crippen molar-refractivity contribution in [1.29, 1.82) is 0 Å². The molecule has 4 N–H and O–H groups in total. The smallest absolute Gasteiger partial charge is 0.370 e. The zero-order valence-corrected chi connectivity index (χ0v) is 8.05. The summed E-state index contributed by atoms with van der Waals surface area (Å²) in [6.07, 6.45) is -4.51. The molecule has 0 fully saturated rings. The zero-order chi connectivity index (χ0) is 12.3. The van der Waals surface area contributed by atoms with E-state index in [0.717, 1.165) is 6.07 Å². The van der Waals surface area contributed by atoms with E-state index in [0.29, 0.717) is 12.1 Å². The molecule has 1 aromatic rings. The van der Waals surface area contributed by atoms with Crippen molar-refractivity contribution >= 4 is 5.96 Å². The first-order chi connectivity index (χ1) is 7.30. The largest absolute Gasteiger partial charge is 0.416 e. The first-order valence-corrected chi connectivity index (χ1v) is 4.21. The van der Waals surface area contributed by atoms with Crippen molar-refractivity contribution < 1.29 is 17.6 Å². The van der Waals surface area contributed by atoms with Crippen molar-refractivity contribution in [3.05, 3.63) is 35.1 Å². The number of benzene rings is 1. The van der Waals surface area contributed by atoms with Crippen molar-refractivity contribution in [2.45, 2.75) is 12.7 Å². The van der Waals surface area contributed by atoms with Gasteiger partial charge in [0, 0.05) is 5.56 Å². The molecule has 16 heavy (non-hydrogen) atoms. The van der Waals surface area contributed by atoms with Gasteiger partial charge in [-0.05, 0) is 18.2 Å². The van der Waals surface area contributed by atoms with Crippen LogP contribution in [-0.4, -0.2) is 5.96 Å². The lowest BCUT2D eigenvalue weighted by Crippen LogP contribution is -2.22. The van der Waals surface area contributed by atoms with E-state index in [-0.39, 0.29) is 18.1 Å². The van der Waals surface area contributed by atoms with Crippen LogP contribution in [0, 0.1) is 5.82 Å². The number of guanidine groups is 1. The van der Waals surface area contributed by atoms with Gasteiger partial charge < -0.3 is 11.5 Å². The van der Waals surface area contributed by atoms with Gasteiger partial charge in [-0.2, -0.15) is 13.2 Å². The number of nitrogens with two attached hydrogens (primary N) is 2. The Hall–Kier alpha value is -1.79. The van der Waals surface area contributed by atoms with Gasteiger partial charge in [-0.1, -0.05) is 0 Å². The number of rotatable bonds is 2. The fourth-order valence-corrected chi connectivity index (χ4v) is 1.05. The second-order valence-electron chi connectivity index (χ2n) is 3.05. The van der Waals surface area contributed by atoms with E-state index >= 15 is 0 Å². The topological polar surface area (TPSA) is 64.4 Å². The van der Waals surface area contributed by atoms with Gasteiger partial charge in [0.25, 0.3) is 0 Å². The van der Waals surface area contributed by atoms with Gasteiger partial charge in [0.05, 0.1) is 12.1 Å². The molecule has 1 rings (SSSR count). The van der Waals surface area contributed by atoms with Gasteiger partial charge >= 0.3 is 6.18 Å². The highest BCUT2D eigenvalue weighted by atomic mass is 19.4. The molecule has 0 aromatic heterocycles. The predicted octanol–water partition coefficient (Wildman–Crippen LogP) is 1.62. The summed E-state index contributed by atoms with van der Waals surface area (Å²) >= 11 is 0. The van der Waals surface area contributed by atoms with Gasteiger partial charge in [0.2, 0.25) is 0 Å². The van der Waals surface area contributed by atoms with Crippen LogP contribution in [0.4, 0.5) is 17.6 Å². The summed E-state index contributed by atoms with van der Waals surface area (Å²) in [5, 5.41) is 0. The maximum atomic E-state index is 13.1. The highest BCUT2D eigenvalue weighted by Crippen LogP contribution is 2.30. The Morgan fingerprint density at radius 1 is 1.25 bits per heavy atom. The second kappa shape index (κ2) is 4.38. The lowest BCUT2D eigenvalue weighted by molar-refractivity contribution is -0.137. The van der Waals surface area contributed by atoms with Gasteiger partial charge in [-0.25, -0.2) is 9.38 Å². The van der Waals surface area contributed by atoms with Gasteiger partial charge in [0.15, 0.2) is 5.96 Å². The summed E-state index contributed by atoms with van der Waals surface area (Å²) < 4.78 is 50.0. The molecule has 0 saturated heterocycles. The molecule has 1 aromatic carbocycles. The second-order valence-corrected chi connectivity index (χ2v) is 3.05. The van der Waals surface area contributed by atoms with E-state index < -0.39 is 17.6 Å². The van der Waals surface area contributed by atoms with E-state index in [1.54, 1.807) is 0 Å². The highest BCUT2D eigenvalue weighted by Gasteiger charge is 2.30. The molecule has 0 atom stereocenters. The number of alkyl halides is 3. The lowest BCUT2D eigenvalue weighted by Gasteiger charge is -2.08. The number of nitrogens with zero attached hydrogens (tertiary/aromatic N) is 1. The summed E-state index contributed by atoms with van der Waals surface area (Å²) in [4.78, 5) is 3.44. The Kier molecular flexibility index (Phi) is 3.36. The molecule has 88 valence electrons. The molecule has 7 heteroatoms. The summed E-state index contributed by atoms with van der Waals surface area (Å²) in [6.45, 7) is -0.321. The normalized spacial score (nSPS) is 11.2. The van der Waals surface area contributed by atoms with Crippen molar-refractivity contribution in [2.75, 3.05) is 0 Å². The van der Waals surface area contributed by atoms with Gasteiger partial charge in [0.1, 0.15) is 5.82 Å². The number of hydrogen-bond donors (Lipinski definition) is 2. The molecule has 0 aliphatic carbocycles. The molecule has 0 heterocycles. The first kappa shape index (κ1) is 12.3. The molecule has 3 nitrogen and oxygen atoms in total. The van der Waals surface area contributed by atoms with Crippen LogP contribution >= 0.6 is 0 Å². The average molecular weight is 235 g/mol. The SMILES string of the molecule is NC(N)=NCc1cc(C(F)(F)F)ccc1F. The predicted molar refractivity (Wildman–Crippen MR) is 50.9 cm³/mol. The molecular weight excluding hydrogens is 226 g/mol. The maximum absolute atomic E-state index is 13.1. The monoisotopic (exact) mass is 235 g/mol. The van der Waals surface area contributed by atoms with Crippen LogP contribution in [0.3, 0.4) is 0 Å². The Balaban J connectivity index is 3.05. The van der Waals surface area contributed by atoms with Crippen LogP contribution in [-0.2, 0) is 12.7 Å². The van der Waals surface area contributed by atoms with E-state index in [4.69, 9.17) is 11.5 Å². The minimum atomic E-state index is -4.51. The summed E-state index contributed by atoms with van der Waals surface area (Å²) in [7, 11) is 0. The molecule has 0 spiro atoms. The molecule has 0 aliphatic heterocycles. The fourth-order valence-electron chi connectivity index (χ4n) is 1.05. The molecule has 0 unspecified atom stereocenters. The van der Waals surface area contributed by atoms with Crippen LogP contribution in [0.2, 0.25) is 0 Å². The number of halogens is 4. The first-order valence-electron chi connectivity index (χ1n) is 4.21. The Morgan fingerprint density at radius 3 is 2.38 bits per heavy atom. The van der Waals surface area contributed by atoms with Crippen LogP contribution in [0.5, 0.6) is 0 Å². The molecule has 0 saturated carbocycles. The van der Waals surface area contributed by atoms with Gasteiger partial charge in [-0.3, -0.25) is 0 Å².